The van der Waals surface area contributed by atoms with Crippen LogP contribution in [-0.4, -0.2) is 31.2 Å². The van der Waals surface area contributed by atoms with Gasteiger partial charge in [-0.1, -0.05) is 39.0 Å². The fraction of sp³-hybridized carbons (Fsp3) is 0.600. The molecule has 100 valence electrons. The van der Waals surface area contributed by atoms with Gasteiger partial charge in [0, 0.05) is 27.9 Å². The molecule has 18 heavy (non-hydrogen) atoms. The van der Waals surface area contributed by atoms with Crippen LogP contribution in [0.3, 0.4) is 0 Å². The van der Waals surface area contributed by atoms with Crippen molar-refractivity contribution in [3.05, 3.63) is 35.1 Å². The molecule has 2 nitrogen and oxygen atoms in total. The first-order valence-corrected chi connectivity index (χ1v) is 6.37. The van der Waals surface area contributed by atoms with E-state index in [0.717, 1.165) is 0 Å². The molecule has 0 unspecified atom stereocenters. The normalized spacial score (nSPS) is 20.4. The Morgan fingerprint density at radius 3 is 2.61 bits per heavy atom. The highest BCUT2D eigenvalue weighted by Crippen LogP contribution is 2.27. The van der Waals surface area contributed by atoms with Gasteiger partial charge in [-0.15, -0.1) is 0 Å². The molecule has 1 aromatic carbocycles. The molecule has 0 spiro atoms. The zero-order valence-corrected chi connectivity index (χ0v) is 11.3. The molecule has 1 fully saturated rings. The van der Waals surface area contributed by atoms with Crippen LogP contribution >= 0.6 is 0 Å². The molecule has 0 N–H and O–H groups in total. The van der Waals surface area contributed by atoms with E-state index >= 15 is 0 Å². The highest BCUT2D eigenvalue weighted by molar-refractivity contribution is 5.30. The van der Waals surface area contributed by atoms with Crippen LogP contribution in [0.5, 0.6) is 0 Å². The van der Waals surface area contributed by atoms with Crippen LogP contribution < -0.4 is 0 Å². The van der Waals surface area contributed by atoms with Crippen LogP contribution in [0.15, 0.2) is 18.2 Å². The summed E-state index contributed by atoms with van der Waals surface area (Å²) < 4.78 is 36.6. The lowest BCUT2D eigenvalue weighted by molar-refractivity contribution is 0.0337. The second-order valence-electron chi connectivity index (χ2n) is 5.63. The number of nitrogens with zero attached hydrogens (tertiary/aromatic N) is 1. The maximum atomic E-state index is 14.7. The molecular formula is C15H22FNO. The molecule has 0 atom stereocenters. The second kappa shape index (κ2) is 5.37. The quantitative estimate of drug-likeness (QED) is 0.803. The lowest BCUT2D eigenvalue weighted by Gasteiger charge is -2.28. The monoisotopic (exact) mass is 253 g/mol. The fourth-order valence-electron chi connectivity index (χ4n) is 2.04. The van der Waals surface area contributed by atoms with Crippen molar-refractivity contribution in [3.8, 4) is 0 Å². The molecule has 1 heterocycles. The maximum absolute atomic E-state index is 14.7. The molecule has 0 radical (unpaired) electrons. The van der Waals surface area contributed by atoms with Crippen LogP contribution in [-0.2, 0) is 16.6 Å². The smallest absolute Gasteiger partial charge is 0.131 e. The second-order valence-corrected chi connectivity index (χ2v) is 5.63. The molecule has 0 amide bonds. The third-order valence-electron chi connectivity index (χ3n) is 3.10. The lowest BCUT2D eigenvalue weighted by Crippen LogP contribution is -2.36. The number of halogens is 1. The van der Waals surface area contributed by atoms with Crippen molar-refractivity contribution in [1.29, 1.82) is 0 Å². The van der Waals surface area contributed by atoms with Crippen LogP contribution in [0.2, 0.25) is 0 Å². The number of benzene rings is 1. The number of hydrogen-bond acceptors (Lipinski definition) is 2. The van der Waals surface area contributed by atoms with Gasteiger partial charge in [-0.2, -0.15) is 0 Å². The predicted octanol–water partition coefficient (Wildman–Crippen LogP) is 2.96. The Balaban J connectivity index is 2.41. The summed E-state index contributed by atoms with van der Waals surface area (Å²) in [6.07, 6.45) is 0. The summed E-state index contributed by atoms with van der Waals surface area (Å²) >= 11 is 0. The van der Waals surface area contributed by atoms with Crippen molar-refractivity contribution in [1.82, 2.24) is 4.90 Å². The van der Waals surface area contributed by atoms with Gasteiger partial charge in [0.15, 0.2) is 0 Å². The zero-order valence-electron chi connectivity index (χ0n) is 13.3. The minimum absolute atomic E-state index is 0.117. The molecule has 0 aromatic heterocycles. The Bertz CT molecular complexity index is 479. The molecule has 0 aliphatic carbocycles. The summed E-state index contributed by atoms with van der Waals surface area (Å²) in [4.78, 5) is 1.64. The third-order valence-corrected chi connectivity index (χ3v) is 3.10. The van der Waals surface area contributed by atoms with Crippen LogP contribution in [0.1, 0.15) is 34.6 Å². The van der Waals surface area contributed by atoms with Gasteiger partial charge in [0.25, 0.3) is 0 Å². The minimum Gasteiger partial charge on any atom is -0.379 e. The van der Waals surface area contributed by atoms with Gasteiger partial charge < -0.3 is 4.74 Å². The maximum Gasteiger partial charge on any atom is 0.131 e. The minimum atomic E-state index is -1.81. The molecule has 0 bridgehead atoms. The average molecular weight is 253 g/mol. The standard InChI is InChI=1S/C15H22FNO/c1-15(2,3)13-6-4-5-12(14(13)16)11-17-7-9-18-10-8-17/h4-6H,7-11H2,1-3H3/i11D2. The molecule has 1 aromatic rings. The van der Waals surface area contributed by atoms with E-state index in [1.54, 1.807) is 23.1 Å². The first kappa shape index (κ1) is 10.9. The Kier molecular flexibility index (Phi) is 3.26. The highest BCUT2D eigenvalue weighted by Gasteiger charge is 2.21. The Hall–Kier alpha value is -0.930. The molecule has 1 aliphatic rings. The average Bonchev–Trinajstić information content (AvgIpc) is 2.38. The summed E-state index contributed by atoms with van der Waals surface area (Å²) in [5.74, 6) is -0.434. The van der Waals surface area contributed by atoms with Crippen molar-refractivity contribution in [2.45, 2.75) is 32.7 Å². The van der Waals surface area contributed by atoms with E-state index in [1.165, 1.54) is 0 Å². The van der Waals surface area contributed by atoms with Gasteiger partial charge in [0.05, 0.1) is 13.2 Å². The number of ether oxygens (including phenoxy) is 1. The molecule has 3 heteroatoms. The molecular weight excluding hydrogens is 229 g/mol. The number of rotatable bonds is 2. The van der Waals surface area contributed by atoms with Crippen molar-refractivity contribution in [2.24, 2.45) is 0 Å². The van der Waals surface area contributed by atoms with Gasteiger partial charge in [-0.3, -0.25) is 4.90 Å². The SMILES string of the molecule is [2H]C([2H])(c1cccc(C(C)(C)C)c1F)N1CCOCC1. The largest absolute Gasteiger partial charge is 0.379 e. The van der Waals surface area contributed by atoms with E-state index in [1.807, 2.05) is 20.8 Å². The Morgan fingerprint density at radius 2 is 2.00 bits per heavy atom. The molecule has 1 aliphatic heterocycles. The Labute approximate surface area is 112 Å². The van der Waals surface area contributed by atoms with E-state index < -0.39 is 12.3 Å². The van der Waals surface area contributed by atoms with E-state index in [-0.39, 0.29) is 11.0 Å². The molecule has 1 saturated heterocycles. The third kappa shape index (κ3) is 3.09. The van der Waals surface area contributed by atoms with Gasteiger partial charge >= 0.3 is 0 Å². The number of hydrogen-bond donors (Lipinski definition) is 0. The van der Waals surface area contributed by atoms with E-state index in [2.05, 4.69) is 0 Å². The van der Waals surface area contributed by atoms with Gasteiger partial charge in [0.1, 0.15) is 5.82 Å². The van der Waals surface area contributed by atoms with Crippen LogP contribution in [0.25, 0.3) is 0 Å². The highest BCUT2D eigenvalue weighted by atomic mass is 19.1. The molecule has 0 saturated carbocycles. The first-order chi connectivity index (χ1) is 9.24. The topological polar surface area (TPSA) is 12.5 Å². The van der Waals surface area contributed by atoms with Crippen LogP contribution in [0, 0.1) is 5.82 Å². The number of morpholine rings is 1. The van der Waals surface area contributed by atoms with E-state index in [4.69, 9.17) is 7.48 Å². The first-order valence-electron chi connectivity index (χ1n) is 7.37. The van der Waals surface area contributed by atoms with Gasteiger partial charge in [-0.25, -0.2) is 4.39 Å². The van der Waals surface area contributed by atoms with Crippen molar-refractivity contribution in [3.63, 3.8) is 0 Å². The lowest BCUT2D eigenvalue weighted by atomic mass is 9.85. The van der Waals surface area contributed by atoms with Crippen molar-refractivity contribution in [2.75, 3.05) is 26.3 Å². The van der Waals surface area contributed by atoms with Gasteiger partial charge in [-0.05, 0) is 11.0 Å². The zero-order chi connectivity index (χ0) is 15.0. The summed E-state index contributed by atoms with van der Waals surface area (Å²) in [5.41, 5.74) is 0.320. The molecule has 2 rings (SSSR count). The van der Waals surface area contributed by atoms with Crippen molar-refractivity contribution < 1.29 is 11.9 Å². The van der Waals surface area contributed by atoms with Gasteiger partial charge in [0.2, 0.25) is 0 Å². The summed E-state index contributed by atoms with van der Waals surface area (Å²) in [5, 5.41) is 0. The van der Waals surface area contributed by atoms with Crippen molar-refractivity contribution >= 4 is 0 Å². The van der Waals surface area contributed by atoms with Crippen LogP contribution in [0.4, 0.5) is 4.39 Å². The predicted molar refractivity (Wildman–Crippen MR) is 71.2 cm³/mol. The Morgan fingerprint density at radius 1 is 1.33 bits per heavy atom. The summed E-state index contributed by atoms with van der Waals surface area (Å²) in [7, 11) is 0. The fourth-order valence-corrected chi connectivity index (χ4v) is 2.04. The summed E-state index contributed by atoms with van der Waals surface area (Å²) in [6.45, 7) is 5.91. The van der Waals surface area contributed by atoms with E-state index in [9.17, 15) is 4.39 Å². The van der Waals surface area contributed by atoms with E-state index in [0.29, 0.717) is 31.9 Å². The summed E-state index contributed by atoms with van der Waals surface area (Å²) in [6, 6.07) is 5.01.